The van der Waals surface area contributed by atoms with E-state index in [4.69, 9.17) is 0 Å². The molecule has 0 atom stereocenters. The first-order valence-electron chi connectivity index (χ1n) is 11.0. The maximum absolute atomic E-state index is 13.2. The van der Waals surface area contributed by atoms with Crippen molar-refractivity contribution < 1.29 is 4.79 Å². The molecule has 0 radical (unpaired) electrons. The fraction of sp³-hybridized carbons (Fsp3) is 0.115. The highest BCUT2D eigenvalue weighted by atomic mass is 16.2. The predicted octanol–water partition coefficient (Wildman–Crippen LogP) is 2.80. The molecule has 0 spiro atoms. The lowest BCUT2D eigenvalue weighted by molar-refractivity contribution is 0.102. The normalized spacial score (nSPS) is 11.0. The molecule has 0 aliphatic rings. The molecule has 1 N–H and O–H groups in total. The molecule has 2 aromatic carbocycles. The van der Waals surface area contributed by atoms with Gasteiger partial charge in [0.15, 0.2) is 0 Å². The van der Waals surface area contributed by atoms with Gasteiger partial charge in [-0.3, -0.25) is 23.4 Å². The van der Waals surface area contributed by atoms with Crippen molar-refractivity contribution in [2.75, 3.05) is 5.32 Å². The zero-order valence-corrected chi connectivity index (χ0v) is 19.2. The minimum Gasteiger partial charge on any atom is -0.321 e. The maximum atomic E-state index is 13.2. The van der Waals surface area contributed by atoms with Crippen LogP contribution in [-0.4, -0.2) is 29.8 Å². The van der Waals surface area contributed by atoms with Gasteiger partial charge in [-0.25, -0.2) is 9.78 Å². The van der Waals surface area contributed by atoms with Gasteiger partial charge in [-0.05, 0) is 34.9 Å². The van der Waals surface area contributed by atoms with Gasteiger partial charge in [0.1, 0.15) is 5.65 Å². The molecule has 0 aliphatic carbocycles. The third-order valence-corrected chi connectivity index (χ3v) is 5.89. The van der Waals surface area contributed by atoms with Crippen molar-refractivity contribution >= 4 is 22.6 Å². The van der Waals surface area contributed by atoms with Crippen LogP contribution in [0.2, 0.25) is 0 Å². The Balaban J connectivity index is 1.44. The van der Waals surface area contributed by atoms with E-state index in [0.29, 0.717) is 17.8 Å². The quantitative estimate of drug-likeness (QED) is 0.429. The number of anilines is 1. The largest absolute Gasteiger partial charge is 0.332 e. The molecule has 0 bridgehead atoms. The highest BCUT2D eigenvalue weighted by molar-refractivity contribution is 6.09. The summed E-state index contributed by atoms with van der Waals surface area (Å²) in [7, 11) is 2.96. The number of hydrogen-bond acceptors (Lipinski definition) is 5. The standard InChI is InChI=1S/C26H22N6O3/c1-30-23-22(25(34)31(2)26(30)35)14-19(15-27-23)29-24(33)21-7-4-3-6-20(21)18-10-8-17(9-11-18)16-32-13-5-12-28-32/h3-15H,16H2,1-2H3,(H,29,33). The highest BCUT2D eigenvalue weighted by Crippen LogP contribution is 2.25. The van der Waals surface area contributed by atoms with Crippen molar-refractivity contribution in [2.24, 2.45) is 14.1 Å². The van der Waals surface area contributed by atoms with Crippen LogP contribution in [0, 0.1) is 0 Å². The van der Waals surface area contributed by atoms with E-state index in [1.807, 2.05) is 53.3 Å². The number of hydrogen-bond donors (Lipinski definition) is 1. The van der Waals surface area contributed by atoms with Gasteiger partial charge in [-0.15, -0.1) is 0 Å². The molecule has 0 unspecified atom stereocenters. The minimum absolute atomic E-state index is 0.244. The van der Waals surface area contributed by atoms with E-state index in [9.17, 15) is 14.4 Å². The second kappa shape index (κ2) is 8.86. The molecule has 5 rings (SSSR count). The number of fused-ring (bicyclic) bond motifs is 1. The van der Waals surface area contributed by atoms with Crippen molar-refractivity contribution in [3.63, 3.8) is 0 Å². The Morgan fingerprint density at radius 1 is 0.971 bits per heavy atom. The monoisotopic (exact) mass is 466 g/mol. The Hall–Kier alpha value is -4.79. The number of nitrogens with one attached hydrogen (secondary N) is 1. The van der Waals surface area contributed by atoms with E-state index in [0.717, 1.165) is 21.3 Å². The van der Waals surface area contributed by atoms with Gasteiger partial charge in [-0.1, -0.05) is 42.5 Å². The lowest BCUT2D eigenvalue weighted by Crippen LogP contribution is -2.37. The minimum atomic E-state index is -0.470. The predicted molar refractivity (Wildman–Crippen MR) is 133 cm³/mol. The van der Waals surface area contributed by atoms with Crippen molar-refractivity contribution in [2.45, 2.75) is 6.54 Å². The van der Waals surface area contributed by atoms with Gasteiger partial charge >= 0.3 is 5.69 Å². The van der Waals surface area contributed by atoms with E-state index < -0.39 is 11.2 Å². The van der Waals surface area contributed by atoms with Crippen LogP contribution >= 0.6 is 0 Å². The SMILES string of the molecule is Cn1c(=O)c2cc(NC(=O)c3ccccc3-c3ccc(Cn4cccn4)cc3)cnc2n(C)c1=O. The summed E-state index contributed by atoms with van der Waals surface area (Å²) in [5, 5.41) is 7.31. The molecule has 0 fully saturated rings. The molecule has 1 amide bonds. The van der Waals surface area contributed by atoms with Crippen LogP contribution in [0.3, 0.4) is 0 Å². The van der Waals surface area contributed by atoms with Crippen LogP contribution in [-0.2, 0) is 20.6 Å². The zero-order chi connectivity index (χ0) is 24.5. The van der Waals surface area contributed by atoms with Crippen molar-refractivity contribution in [1.82, 2.24) is 23.9 Å². The van der Waals surface area contributed by atoms with Crippen molar-refractivity contribution in [3.05, 3.63) is 111 Å². The van der Waals surface area contributed by atoms with Gasteiger partial charge < -0.3 is 5.32 Å². The smallest absolute Gasteiger partial charge is 0.321 e. The van der Waals surface area contributed by atoms with E-state index in [2.05, 4.69) is 15.4 Å². The molecule has 0 aliphatic heterocycles. The van der Waals surface area contributed by atoms with E-state index in [-0.39, 0.29) is 16.9 Å². The van der Waals surface area contributed by atoms with Crippen LogP contribution in [0.1, 0.15) is 15.9 Å². The molecule has 174 valence electrons. The highest BCUT2D eigenvalue weighted by Gasteiger charge is 2.15. The second-order valence-corrected chi connectivity index (χ2v) is 8.20. The number of rotatable bonds is 5. The van der Waals surface area contributed by atoms with E-state index in [1.165, 1.54) is 23.9 Å². The summed E-state index contributed by atoms with van der Waals surface area (Å²) < 4.78 is 4.16. The number of aromatic nitrogens is 5. The summed E-state index contributed by atoms with van der Waals surface area (Å²) in [6, 6.07) is 18.7. The van der Waals surface area contributed by atoms with Gasteiger partial charge in [-0.2, -0.15) is 5.10 Å². The molecular weight excluding hydrogens is 444 g/mol. The average molecular weight is 467 g/mol. The molecule has 3 heterocycles. The maximum Gasteiger partial charge on any atom is 0.332 e. The number of pyridine rings is 1. The molecule has 3 aromatic heterocycles. The van der Waals surface area contributed by atoms with Crippen LogP contribution in [0.15, 0.2) is 88.8 Å². The first-order valence-corrected chi connectivity index (χ1v) is 11.0. The van der Waals surface area contributed by atoms with Crippen LogP contribution in [0.4, 0.5) is 5.69 Å². The summed E-state index contributed by atoms with van der Waals surface area (Å²) in [5.41, 5.74) is 2.95. The van der Waals surface area contributed by atoms with Crippen LogP contribution < -0.4 is 16.6 Å². The average Bonchev–Trinajstić information content (AvgIpc) is 3.39. The lowest BCUT2D eigenvalue weighted by Gasteiger charge is -2.12. The fourth-order valence-corrected chi connectivity index (χ4v) is 4.04. The van der Waals surface area contributed by atoms with Gasteiger partial charge in [0.25, 0.3) is 11.5 Å². The van der Waals surface area contributed by atoms with E-state index in [1.54, 1.807) is 25.4 Å². The van der Waals surface area contributed by atoms with Gasteiger partial charge in [0, 0.05) is 32.1 Å². The Kier molecular flexibility index (Phi) is 5.58. The summed E-state index contributed by atoms with van der Waals surface area (Å²) in [6.07, 6.45) is 5.09. The van der Waals surface area contributed by atoms with Gasteiger partial charge in [0.2, 0.25) is 0 Å². The summed E-state index contributed by atoms with van der Waals surface area (Å²) in [6.45, 7) is 0.662. The summed E-state index contributed by atoms with van der Waals surface area (Å²) >= 11 is 0. The Morgan fingerprint density at radius 3 is 2.49 bits per heavy atom. The second-order valence-electron chi connectivity index (χ2n) is 8.20. The molecule has 9 nitrogen and oxygen atoms in total. The molecule has 0 saturated carbocycles. The molecular formula is C26H22N6O3. The Morgan fingerprint density at radius 2 is 1.74 bits per heavy atom. The fourth-order valence-electron chi connectivity index (χ4n) is 4.04. The lowest BCUT2D eigenvalue weighted by atomic mass is 9.98. The molecule has 0 saturated heterocycles. The summed E-state index contributed by atoms with van der Waals surface area (Å²) in [5.74, 6) is -0.330. The number of benzene rings is 2. The topological polar surface area (TPSA) is 104 Å². The number of amides is 1. The van der Waals surface area contributed by atoms with Crippen LogP contribution in [0.25, 0.3) is 22.2 Å². The molecule has 5 aromatic rings. The Labute approximate surface area is 199 Å². The number of carbonyl (C=O) groups excluding carboxylic acids is 1. The van der Waals surface area contributed by atoms with Crippen molar-refractivity contribution in [1.29, 1.82) is 0 Å². The first kappa shape index (κ1) is 22.0. The van der Waals surface area contributed by atoms with E-state index >= 15 is 0 Å². The summed E-state index contributed by atoms with van der Waals surface area (Å²) in [4.78, 5) is 42.1. The number of nitrogens with zero attached hydrogens (tertiary/aromatic N) is 5. The third kappa shape index (κ3) is 4.15. The third-order valence-electron chi connectivity index (χ3n) is 5.89. The molecule has 35 heavy (non-hydrogen) atoms. The zero-order valence-electron chi connectivity index (χ0n) is 19.2. The number of aryl methyl sites for hydroxylation is 1. The molecule has 9 heteroatoms. The van der Waals surface area contributed by atoms with Crippen molar-refractivity contribution in [3.8, 4) is 11.1 Å². The van der Waals surface area contributed by atoms with Gasteiger partial charge in [0.05, 0.1) is 23.8 Å². The first-order chi connectivity index (χ1) is 16.9. The number of carbonyl (C=O) groups is 1. The van der Waals surface area contributed by atoms with Crippen LogP contribution in [0.5, 0.6) is 0 Å². The Bertz CT molecular complexity index is 1660.